The molecule has 1 aromatic rings. The molecule has 5 nitrogen and oxygen atoms in total. The third-order valence-corrected chi connectivity index (χ3v) is 4.42. The second kappa shape index (κ2) is 6.30. The first-order valence-corrected chi connectivity index (χ1v) is 7.63. The number of hydrogen-bond acceptors (Lipinski definition) is 6. The van der Waals surface area contributed by atoms with Crippen LogP contribution in [0.2, 0.25) is 0 Å². The van der Waals surface area contributed by atoms with Gasteiger partial charge in [-0.05, 0) is 30.3 Å². The summed E-state index contributed by atoms with van der Waals surface area (Å²) in [4.78, 5) is 10.4. The number of hydrogen-bond donors (Lipinski definition) is 1. The highest BCUT2D eigenvalue weighted by Gasteiger charge is 2.17. The van der Waals surface area contributed by atoms with Gasteiger partial charge in [0.15, 0.2) is 0 Å². The highest BCUT2D eigenvalue weighted by molar-refractivity contribution is 7.99. The lowest BCUT2D eigenvalue weighted by atomic mass is 9.99. The molecule has 1 aliphatic heterocycles. The van der Waals surface area contributed by atoms with Crippen molar-refractivity contribution in [1.29, 1.82) is 0 Å². The van der Waals surface area contributed by atoms with Crippen LogP contribution in [0.3, 0.4) is 0 Å². The van der Waals surface area contributed by atoms with Crippen LogP contribution in [0.25, 0.3) is 0 Å². The van der Waals surface area contributed by atoms with Gasteiger partial charge in [-0.1, -0.05) is 11.8 Å². The number of carboxylic acids is 1. The molecule has 2 rings (SSSR count). The van der Waals surface area contributed by atoms with E-state index in [-0.39, 0.29) is 5.75 Å². The summed E-state index contributed by atoms with van der Waals surface area (Å²) in [6, 6.07) is 0. The SMILES string of the molecule is O=C(O)CSc1nnc(CC2CCSCC2)o1. The maximum Gasteiger partial charge on any atom is 0.314 e. The zero-order valence-corrected chi connectivity index (χ0v) is 10.9. The van der Waals surface area contributed by atoms with Crippen molar-refractivity contribution < 1.29 is 14.3 Å². The Morgan fingerprint density at radius 1 is 1.47 bits per heavy atom. The normalized spacial score (nSPS) is 17.2. The van der Waals surface area contributed by atoms with Gasteiger partial charge in [-0.3, -0.25) is 4.79 Å². The highest BCUT2D eigenvalue weighted by Crippen LogP contribution is 2.26. The zero-order chi connectivity index (χ0) is 12.1. The van der Waals surface area contributed by atoms with Crippen LogP contribution in [0.4, 0.5) is 0 Å². The lowest BCUT2D eigenvalue weighted by Crippen LogP contribution is -2.12. The fourth-order valence-electron chi connectivity index (χ4n) is 1.70. The van der Waals surface area contributed by atoms with Crippen molar-refractivity contribution in [3.63, 3.8) is 0 Å². The van der Waals surface area contributed by atoms with Gasteiger partial charge in [0.1, 0.15) is 5.75 Å². The van der Waals surface area contributed by atoms with Crippen LogP contribution >= 0.6 is 23.5 Å². The van der Waals surface area contributed by atoms with Gasteiger partial charge >= 0.3 is 5.97 Å². The third-order valence-electron chi connectivity index (χ3n) is 2.57. The Morgan fingerprint density at radius 3 is 2.94 bits per heavy atom. The van der Waals surface area contributed by atoms with Crippen molar-refractivity contribution in [1.82, 2.24) is 10.2 Å². The number of rotatable bonds is 5. The number of carbonyl (C=O) groups is 1. The number of thioether (sulfide) groups is 2. The fourth-order valence-corrected chi connectivity index (χ4v) is 3.40. The molecule has 0 atom stereocenters. The van der Waals surface area contributed by atoms with Crippen molar-refractivity contribution in [3.05, 3.63) is 5.89 Å². The zero-order valence-electron chi connectivity index (χ0n) is 9.29. The van der Waals surface area contributed by atoms with Crippen molar-refractivity contribution >= 4 is 29.5 Å². The summed E-state index contributed by atoms with van der Waals surface area (Å²) in [6.45, 7) is 0. The van der Waals surface area contributed by atoms with E-state index < -0.39 is 5.97 Å². The Bertz CT molecular complexity index is 377. The largest absolute Gasteiger partial charge is 0.481 e. The molecule has 1 saturated heterocycles. The monoisotopic (exact) mass is 274 g/mol. The molecule has 1 N–H and O–H groups in total. The van der Waals surface area contributed by atoms with Crippen LogP contribution in [-0.2, 0) is 11.2 Å². The van der Waals surface area contributed by atoms with E-state index in [1.165, 1.54) is 24.3 Å². The summed E-state index contributed by atoms with van der Waals surface area (Å²) in [5, 5.41) is 16.7. The van der Waals surface area contributed by atoms with Crippen molar-refractivity contribution in [2.24, 2.45) is 5.92 Å². The van der Waals surface area contributed by atoms with Crippen molar-refractivity contribution in [2.75, 3.05) is 17.3 Å². The Balaban J connectivity index is 1.82. The summed E-state index contributed by atoms with van der Waals surface area (Å²) >= 11 is 3.06. The molecule has 0 saturated carbocycles. The Morgan fingerprint density at radius 2 is 2.24 bits per heavy atom. The van der Waals surface area contributed by atoms with Crippen LogP contribution in [-0.4, -0.2) is 38.5 Å². The van der Waals surface area contributed by atoms with Crippen LogP contribution in [0.1, 0.15) is 18.7 Å². The van der Waals surface area contributed by atoms with Gasteiger partial charge in [0.25, 0.3) is 5.22 Å². The molecule has 2 heterocycles. The predicted molar refractivity (Wildman–Crippen MR) is 66.4 cm³/mol. The van der Waals surface area contributed by atoms with Crippen LogP contribution in [0.5, 0.6) is 0 Å². The van der Waals surface area contributed by atoms with Gasteiger partial charge in [-0.15, -0.1) is 10.2 Å². The number of aliphatic carboxylic acids is 1. The summed E-state index contributed by atoms with van der Waals surface area (Å²) in [6.07, 6.45) is 3.22. The predicted octanol–water partition coefficient (Wildman–Crippen LogP) is 1.93. The average Bonchev–Trinajstić information content (AvgIpc) is 2.75. The van der Waals surface area contributed by atoms with Gasteiger partial charge in [-0.25, -0.2) is 0 Å². The minimum atomic E-state index is -0.876. The first-order valence-electron chi connectivity index (χ1n) is 5.49. The molecule has 7 heteroatoms. The Hall–Kier alpha value is -0.690. The van der Waals surface area contributed by atoms with E-state index in [2.05, 4.69) is 10.2 Å². The summed E-state index contributed by atoms with van der Waals surface area (Å²) in [7, 11) is 0. The number of carboxylic acid groups (broad SMARTS) is 1. The second-order valence-corrected chi connectivity index (χ2v) is 6.06. The second-order valence-electron chi connectivity index (χ2n) is 3.90. The lowest BCUT2D eigenvalue weighted by molar-refractivity contribution is -0.133. The van der Waals surface area contributed by atoms with E-state index in [0.717, 1.165) is 18.2 Å². The van der Waals surface area contributed by atoms with Crippen LogP contribution in [0, 0.1) is 5.92 Å². The molecule has 0 bridgehead atoms. The summed E-state index contributed by atoms with van der Waals surface area (Å²) < 4.78 is 5.41. The summed E-state index contributed by atoms with van der Waals surface area (Å²) in [5.74, 6) is 2.77. The van der Waals surface area contributed by atoms with Gasteiger partial charge in [0.05, 0.1) is 0 Å². The number of nitrogens with zero attached hydrogens (tertiary/aromatic N) is 2. The molecule has 0 radical (unpaired) electrons. The molecule has 0 amide bonds. The maximum absolute atomic E-state index is 10.4. The van der Waals surface area contributed by atoms with Crippen molar-refractivity contribution in [3.8, 4) is 0 Å². The Labute approximate surface area is 108 Å². The molecule has 1 fully saturated rings. The van der Waals surface area contributed by atoms with Gasteiger partial charge < -0.3 is 9.52 Å². The third kappa shape index (κ3) is 4.23. The standard InChI is InChI=1S/C10H14N2O3S2/c13-9(14)6-17-10-12-11-8(15-10)5-7-1-3-16-4-2-7/h7H,1-6H2,(H,13,14). The van der Waals surface area contributed by atoms with Gasteiger partial charge in [0, 0.05) is 6.42 Å². The maximum atomic E-state index is 10.4. The van der Waals surface area contributed by atoms with E-state index in [0.29, 0.717) is 17.0 Å². The molecule has 0 unspecified atom stereocenters. The smallest absolute Gasteiger partial charge is 0.314 e. The quantitative estimate of drug-likeness (QED) is 0.822. The van der Waals surface area contributed by atoms with Crippen LogP contribution in [0.15, 0.2) is 9.64 Å². The molecule has 1 aliphatic rings. The van der Waals surface area contributed by atoms with E-state index in [1.807, 2.05) is 11.8 Å². The molecule has 0 aromatic carbocycles. The fraction of sp³-hybridized carbons (Fsp3) is 0.700. The molecule has 17 heavy (non-hydrogen) atoms. The molecule has 0 aliphatic carbocycles. The lowest BCUT2D eigenvalue weighted by Gasteiger charge is -2.19. The minimum absolute atomic E-state index is 0.0400. The number of aromatic nitrogens is 2. The average molecular weight is 274 g/mol. The van der Waals surface area contributed by atoms with Crippen LogP contribution < -0.4 is 0 Å². The van der Waals surface area contributed by atoms with E-state index >= 15 is 0 Å². The topological polar surface area (TPSA) is 76.2 Å². The molecule has 1 aromatic heterocycles. The van der Waals surface area contributed by atoms with E-state index in [4.69, 9.17) is 9.52 Å². The first kappa shape index (κ1) is 12.8. The summed E-state index contributed by atoms with van der Waals surface area (Å²) in [5.41, 5.74) is 0. The van der Waals surface area contributed by atoms with E-state index in [9.17, 15) is 4.79 Å². The molecular formula is C10H14N2O3S2. The molecule has 94 valence electrons. The molecule has 0 spiro atoms. The minimum Gasteiger partial charge on any atom is -0.481 e. The van der Waals surface area contributed by atoms with Gasteiger partial charge in [-0.2, -0.15) is 11.8 Å². The van der Waals surface area contributed by atoms with Gasteiger partial charge in [0.2, 0.25) is 5.89 Å². The van der Waals surface area contributed by atoms with Crippen molar-refractivity contribution in [2.45, 2.75) is 24.5 Å². The highest BCUT2D eigenvalue weighted by atomic mass is 32.2. The Kier molecular flexibility index (Phi) is 4.73. The molecular weight excluding hydrogens is 260 g/mol. The first-order chi connectivity index (χ1) is 8.24. The van der Waals surface area contributed by atoms with E-state index in [1.54, 1.807) is 0 Å².